The van der Waals surface area contributed by atoms with Crippen molar-refractivity contribution in [2.45, 2.75) is 38.0 Å². The topological polar surface area (TPSA) is 95.9 Å². The van der Waals surface area contributed by atoms with Crippen molar-refractivity contribution in [1.82, 2.24) is 15.2 Å². The lowest BCUT2D eigenvalue weighted by Gasteiger charge is -2.36. The summed E-state index contributed by atoms with van der Waals surface area (Å²) >= 11 is 0. The molecule has 4 rings (SSSR count). The van der Waals surface area contributed by atoms with E-state index in [0.717, 1.165) is 66.4 Å². The van der Waals surface area contributed by atoms with Crippen molar-refractivity contribution >= 4 is 35.7 Å². The van der Waals surface area contributed by atoms with Crippen LogP contribution in [0.3, 0.4) is 0 Å². The molecular weight excluding hydrogens is 478 g/mol. The molecule has 1 aromatic carbocycles. The number of aliphatic imine (C=N–C) groups is 1. The number of esters is 1. The van der Waals surface area contributed by atoms with Crippen LogP contribution in [0.25, 0.3) is 12.2 Å². The number of likely N-dealkylation sites (tertiary alicyclic amines) is 1. The normalized spacial score (nSPS) is 16.6. The van der Waals surface area contributed by atoms with Gasteiger partial charge in [-0.25, -0.2) is 0 Å². The Morgan fingerprint density at radius 2 is 2.05 bits per heavy atom. The van der Waals surface area contributed by atoms with Crippen LogP contribution in [-0.4, -0.2) is 61.0 Å². The highest BCUT2D eigenvalue weighted by Gasteiger charge is 2.31. The zero-order valence-electron chi connectivity index (χ0n) is 22.1. The fourth-order valence-corrected chi connectivity index (χ4v) is 5.22. The molecule has 8 nitrogen and oxygen atoms in total. The molecule has 2 aromatic rings. The first kappa shape index (κ1) is 27.1. The van der Waals surface area contributed by atoms with E-state index in [4.69, 9.17) is 4.74 Å². The van der Waals surface area contributed by atoms with E-state index in [1.165, 1.54) is 7.11 Å². The van der Waals surface area contributed by atoms with Gasteiger partial charge in [0.05, 0.1) is 25.6 Å². The molecule has 200 valence electrons. The number of carbonyl (C=O) groups excluding carboxylic acids is 2. The minimum atomic E-state index is -0.246. The van der Waals surface area contributed by atoms with Crippen molar-refractivity contribution in [2.75, 3.05) is 38.6 Å². The molecule has 1 atom stereocenters. The lowest BCUT2D eigenvalue weighted by Crippen LogP contribution is -2.40. The minimum Gasteiger partial charge on any atom is -0.469 e. The van der Waals surface area contributed by atoms with E-state index >= 15 is 0 Å². The summed E-state index contributed by atoms with van der Waals surface area (Å²) in [7, 11) is 1.42. The highest BCUT2D eigenvalue weighted by Crippen LogP contribution is 2.36. The SMILES string of the molecule is C=Cc1cc(C(CC(=O)OC)C2CCN(C(=O)Cc3cccc(NC4=NCCCN4)c3)CC2)cnc1C=C. The van der Waals surface area contributed by atoms with Gasteiger partial charge in [0.2, 0.25) is 5.91 Å². The molecule has 0 saturated carbocycles. The highest BCUT2D eigenvalue weighted by molar-refractivity contribution is 5.94. The Labute approximate surface area is 224 Å². The van der Waals surface area contributed by atoms with Crippen LogP contribution >= 0.6 is 0 Å². The Hall–Kier alpha value is -3.94. The van der Waals surface area contributed by atoms with Crippen molar-refractivity contribution in [3.05, 3.63) is 72.1 Å². The number of anilines is 1. The van der Waals surface area contributed by atoms with Gasteiger partial charge in [-0.15, -0.1) is 0 Å². The van der Waals surface area contributed by atoms with Gasteiger partial charge < -0.3 is 20.3 Å². The van der Waals surface area contributed by atoms with Crippen LogP contribution in [0.4, 0.5) is 5.69 Å². The third-order valence-electron chi connectivity index (χ3n) is 7.33. The molecule has 8 heteroatoms. The molecule has 2 aliphatic rings. The van der Waals surface area contributed by atoms with Crippen molar-refractivity contribution < 1.29 is 14.3 Å². The lowest BCUT2D eigenvalue weighted by atomic mass is 9.78. The molecule has 38 heavy (non-hydrogen) atoms. The fraction of sp³-hybridized carbons (Fsp3) is 0.400. The van der Waals surface area contributed by atoms with Gasteiger partial charge in [-0.2, -0.15) is 0 Å². The molecule has 0 radical (unpaired) electrons. The van der Waals surface area contributed by atoms with Crippen LogP contribution in [-0.2, 0) is 20.7 Å². The summed E-state index contributed by atoms with van der Waals surface area (Å²) in [6.07, 6.45) is 8.57. The van der Waals surface area contributed by atoms with E-state index in [0.29, 0.717) is 19.5 Å². The Bertz CT molecular complexity index is 1200. The van der Waals surface area contributed by atoms with Crippen molar-refractivity contribution in [3.8, 4) is 0 Å². The maximum absolute atomic E-state index is 13.2. The number of carbonyl (C=O) groups is 2. The van der Waals surface area contributed by atoms with Crippen LogP contribution in [0.15, 0.2) is 54.7 Å². The minimum absolute atomic E-state index is 0.0381. The van der Waals surface area contributed by atoms with Crippen LogP contribution in [0.5, 0.6) is 0 Å². The van der Waals surface area contributed by atoms with Crippen molar-refractivity contribution in [1.29, 1.82) is 0 Å². The van der Waals surface area contributed by atoms with E-state index in [1.807, 2.05) is 41.4 Å². The average molecular weight is 516 g/mol. The van der Waals surface area contributed by atoms with Gasteiger partial charge in [0.25, 0.3) is 0 Å². The second-order valence-corrected chi connectivity index (χ2v) is 9.77. The number of ether oxygens (including phenoxy) is 1. The Kier molecular flexibility index (Phi) is 9.30. The molecule has 0 bridgehead atoms. The molecule has 3 heterocycles. The number of hydrogen-bond donors (Lipinski definition) is 2. The van der Waals surface area contributed by atoms with Gasteiger partial charge >= 0.3 is 5.97 Å². The first-order valence-corrected chi connectivity index (χ1v) is 13.2. The number of nitrogens with zero attached hydrogens (tertiary/aromatic N) is 3. The Morgan fingerprint density at radius 3 is 2.74 bits per heavy atom. The zero-order valence-corrected chi connectivity index (χ0v) is 22.1. The second-order valence-electron chi connectivity index (χ2n) is 9.77. The van der Waals surface area contributed by atoms with E-state index in [9.17, 15) is 9.59 Å². The first-order valence-electron chi connectivity index (χ1n) is 13.2. The van der Waals surface area contributed by atoms with Gasteiger partial charge in [0, 0.05) is 38.1 Å². The molecule has 2 aliphatic heterocycles. The molecule has 1 saturated heterocycles. The number of piperidine rings is 1. The number of rotatable bonds is 9. The quantitative estimate of drug-likeness (QED) is 0.485. The number of benzene rings is 1. The smallest absolute Gasteiger partial charge is 0.306 e. The fourth-order valence-electron chi connectivity index (χ4n) is 5.22. The number of nitrogens with one attached hydrogen (secondary N) is 2. The number of guanidine groups is 1. The molecule has 2 N–H and O–H groups in total. The molecular formula is C30H37N5O3. The van der Waals surface area contributed by atoms with E-state index in [-0.39, 0.29) is 30.1 Å². The molecule has 1 aromatic heterocycles. The predicted molar refractivity (Wildman–Crippen MR) is 152 cm³/mol. The monoisotopic (exact) mass is 515 g/mol. The van der Waals surface area contributed by atoms with Gasteiger partial charge in [0.1, 0.15) is 0 Å². The van der Waals surface area contributed by atoms with Crippen LogP contribution < -0.4 is 10.6 Å². The third kappa shape index (κ3) is 6.88. The molecule has 1 unspecified atom stereocenters. The van der Waals surface area contributed by atoms with Crippen molar-refractivity contribution in [3.63, 3.8) is 0 Å². The average Bonchev–Trinajstić information content (AvgIpc) is 2.96. The Balaban J connectivity index is 1.39. The lowest BCUT2D eigenvalue weighted by molar-refractivity contribution is -0.142. The molecule has 0 aliphatic carbocycles. The maximum atomic E-state index is 13.2. The van der Waals surface area contributed by atoms with E-state index < -0.39 is 0 Å². The zero-order chi connectivity index (χ0) is 26.9. The van der Waals surface area contributed by atoms with E-state index in [1.54, 1.807) is 12.2 Å². The summed E-state index contributed by atoms with van der Waals surface area (Å²) in [6, 6.07) is 9.97. The number of hydrogen-bond acceptors (Lipinski definition) is 7. The number of aromatic nitrogens is 1. The van der Waals surface area contributed by atoms with Crippen LogP contribution in [0, 0.1) is 5.92 Å². The number of methoxy groups -OCH3 is 1. The summed E-state index contributed by atoms with van der Waals surface area (Å²) in [5, 5.41) is 6.56. The largest absolute Gasteiger partial charge is 0.469 e. The van der Waals surface area contributed by atoms with Gasteiger partial charge in [-0.3, -0.25) is 19.6 Å². The highest BCUT2D eigenvalue weighted by atomic mass is 16.5. The summed E-state index contributed by atoms with van der Waals surface area (Å²) in [5.74, 6) is 0.846. The molecule has 0 spiro atoms. The van der Waals surface area contributed by atoms with Crippen LogP contribution in [0.1, 0.15) is 54.0 Å². The van der Waals surface area contributed by atoms with Gasteiger partial charge in [-0.05, 0) is 72.1 Å². The van der Waals surface area contributed by atoms with Crippen molar-refractivity contribution in [2.24, 2.45) is 10.9 Å². The maximum Gasteiger partial charge on any atom is 0.306 e. The van der Waals surface area contributed by atoms with E-state index in [2.05, 4.69) is 33.8 Å². The third-order valence-corrected chi connectivity index (χ3v) is 7.33. The van der Waals surface area contributed by atoms with Gasteiger partial charge in [-0.1, -0.05) is 31.4 Å². The Morgan fingerprint density at radius 1 is 1.24 bits per heavy atom. The number of amides is 1. The van der Waals surface area contributed by atoms with Crippen LogP contribution in [0.2, 0.25) is 0 Å². The predicted octanol–water partition coefficient (Wildman–Crippen LogP) is 4.26. The summed E-state index contributed by atoms with van der Waals surface area (Å²) in [6.45, 7) is 10.8. The first-order chi connectivity index (χ1) is 18.5. The second kappa shape index (κ2) is 13.0. The number of pyridine rings is 1. The molecule has 1 fully saturated rings. The standard InChI is InChI=1S/C30H37N5O3/c1-4-22-18-24(20-33-27(22)5-2)26(19-29(37)38-3)23-10-14-35(15-11-23)28(36)17-21-8-6-9-25(16-21)34-30-31-12-7-13-32-30/h4-6,8-9,16,18,20,23,26H,1-2,7,10-15,17,19H2,3H3,(H2,31,32,34). The summed E-state index contributed by atoms with van der Waals surface area (Å²) in [4.78, 5) is 36.4. The van der Waals surface area contributed by atoms with Gasteiger partial charge in [0.15, 0.2) is 5.96 Å². The summed E-state index contributed by atoms with van der Waals surface area (Å²) in [5.41, 5.74) is 4.53. The molecule has 1 amide bonds. The summed E-state index contributed by atoms with van der Waals surface area (Å²) < 4.78 is 5.00.